The lowest BCUT2D eigenvalue weighted by molar-refractivity contribution is 0.0697. The van der Waals surface area contributed by atoms with E-state index < -0.39 is 0 Å². The minimum absolute atomic E-state index is 0.206. The molecule has 1 aromatic carbocycles. The van der Waals surface area contributed by atoms with Gasteiger partial charge in [-0.25, -0.2) is 4.31 Å². The summed E-state index contributed by atoms with van der Waals surface area (Å²) in [4.78, 5) is 18.0. The summed E-state index contributed by atoms with van der Waals surface area (Å²) >= 11 is 1.76. The van der Waals surface area contributed by atoms with E-state index in [9.17, 15) is 4.79 Å². The summed E-state index contributed by atoms with van der Waals surface area (Å²) in [5, 5.41) is 1.28. The van der Waals surface area contributed by atoms with Gasteiger partial charge < -0.3 is 4.90 Å². The first-order valence-corrected chi connectivity index (χ1v) is 12.3. The number of likely N-dealkylation sites (tertiary alicyclic amines) is 1. The second-order valence-electron chi connectivity index (χ2n) is 9.63. The topological polar surface area (TPSA) is 31.7 Å². The number of carbonyl (C=O) groups is 1. The van der Waals surface area contributed by atoms with Crippen molar-refractivity contribution in [2.45, 2.75) is 58.0 Å². The maximum Gasteiger partial charge on any atom is 0.253 e. The van der Waals surface area contributed by atoms with Crippen LogP contribution >= 0.6 is 12.1 Å². The third-order valence-corrected chi connectivity index (χ3v) is 8.19. The summed E-state index contributed by atoms with van der Waals surface area (Å²) in [5.41, 5.74) is 4.99. The fourth-order valence-electron chi connectivity index (χ4n) is 5.19. The molecule has 1 amide bonds. The van der Waals surface area contributed by atoms with Crippen molar-refractivity contribution in [1.82, 2.24) is 18.1 Å². The third kappa shape index (κ3) is 3.67. The maximum absolute atomic E-state index is 13.2. The minimum atomic E-state index is 0.206. The van der Waals surface area contributed by atoms with Crippen LogP contribution in [0.15, 0.2) is 18.2 Å². The van der Waals surface area contributed by atoms with Crippen molar-refractivity contribution in [2.24, 2.45) is 5.92 Å². The highest BCUT2D eigenvalue weighted by atomic mass is 32.2. The van der Waals surface area contributed by atoms with Crippen molar-refractivity contribution in [2.75, 3.05) is 33.7 Å². The highest BCUT2D eigenvalue weighted by Gasteiger charge is 2.32. The van der Waals surface area contributed by atoms with Crippen molar-refractivity contribution in [1.29, 1.82) is 0 Å². The number of rotatable bonds is 4. The molecule has 30 heavy (non-hydrogen) atoms. The van der Waals surface area contributed by atoms with E-state index in [-0.39, 0.29) is 5.91 Å². The average molecular weight is 427 g/mol. The lowest BCUT2D eigenvalue weighted by Crippen LogP contribution is -2.43. The molecule has 3 aliphatic rings. The fraction of sp³-hybridized carbons (Fsp3) is 0.625. The molecule has 0 unspecified atom stereocenters. The molecule has 1 aromatic heterocycles. The first-order valence-electron chi connectivity index (χ1n) is 11.6. The molecule has 0 N–H and O–H groups in total. The van der Waals surface area contributed by atoms with Gasteiger partial charge in [-0.05, 0) is 69.5 Å². The molecule has 1 saturated carbocycles. The van der Waals surface area contributed by atoms with Crippen LogP contribution in [0.1, 0.15) is 60.6 Å². The zero-order valence-electron chi connectivity index (χ0n) is 18.6. The number of amides is 1. The number of fused-ring (bicyclic) bond motifs is 3. The molecule has 3 heterocycles. The van der Waals surface area contributed by atoms with Crippen molar-refractivity contribution >= 4 is 28.9 Å². The second kappa shape index (κ2) is 8.21. The van der Waals surface area contributed by atoms with Gasteiger partial charge in [0, 0.05) is 67.4 Å². The molecular weight excluding hydrogens is 392 g/mol. The van der Waals surface area contributed by atoms with Gasteiger partial charge in [-0.15, -0.1) is 0 Å². The third-order valence-electron chi connectivity index (χ3n) is 7.28. The van der Waals surface area contributed by atoms with Crippen LogP contribution in [-0.2, 0) is 13.0 Å². The van der Waals surface area contributed by atoms with Crippen LogP contribution in [0.5, 0.6) is 0 Å². The number of hydrogen-bond donors (Lipinski definition) is 0. The molecule has 2 fully saturated rings. The van der Waals surface area contributed by atoms with Crippen LogP contribution in [0.4, 0.5) is 0 Å². The Balaban J connectivity index is 1.51. The van der Waals surface area contributed by atoms with Crippen molar-refractivity contribution in [3.63, 3.8) is 0 Å². The molecule has 0 radical (unpaired) electrons. The molecule has 2 aromatic rings. The molecule has 0 bridgehead atoms. The largest absolute Gasteiger partial charge is 0.339 e. The number of hydrogen-bond acceptors (Lipinski definition) is 4. The Labute approximate surface area is 184 Å². The summed E-state index contributed by atoms with van der Waals surface area (Å²) in [6.07, 6.45) is 7.40. The van der Waals surface area contributed by atoms with E-state index in [1.165, 1.54) is 41.4 Å². The van der Waals surface area contributed by atoms with Crippen LogP contribution < -0.4 is 0 Å². The Hall–Kier alpha value is -1.50. The molecule has 1 saturated heterocycles. The fourth-order valence-corrected chi connectivity index (χ4v) is 6.06. The van der Waals surface area contributed by atoms with E-state index in [1.54, 1.807) is 12.1 Å². The Morgan fingerprint density at radius 1 is 1.10 bits per heavy atom. The average Bonchev–Trinajstić information content (AvgIpc) is 2.99. The number of carbonyl (C=O) groups excluding carboxylic acids is 1. The predicted octanol–water partition coefficient (Wildman–Crippen LogP) is 4.40. The van der Waals surface area contributed by atoms with Gasteiger partial charge in [-0.3, -0.25) is 13.7 Å². The lowest BCUT2D eigenvalue weighted by Gasteiger charge is -2.40. The van der Waals surface area contributed by atoms with Gasteiger partial charge in [0.1, 0.15) is 0 Å². The first-order chi connectivity index (χ1) is 14.5. The van der Waals surface area contributed by atoms with E-state index in [0.717, 1.165) is 63.0 Å². The highest BCUT2D eigenvalue weighted by molar-refractivity contribution is 7.95. The van der Waals surface area contributed by atoms with Gasteiger partial charge in [0.2, 0.25) is 0 Å². The lowest BCUT2D eigenvalue weighted by atomic mass is 9.89. The van der Waals surface area contributed by atoms with E-state index in [0.29, 0.717) is 0 Å². The summed E-state index contributed by atoms with van der Waals surface area (Å²) in [6, 6.07) is 7.17. The molecule has 1 aliphatic carbocycles. The van der Waals surface area contributed by atoms with Crippen LogP contribution in [0.2, 0.25) is 0 Å². The number of benzene rings is 1. The zero-order chi connectivity index (χ0) is 20.8. The van der Waals surface area contributed by atoms with E-state index in [4.69, 9.17) is 0 Å². The first kappa shape index (κ1) is 20.4. The van der Waals surface area contributed by atoms with Gasteiger partial charge in [0.05, 0.1) is 5.52 Å². The Kier molecular flexibility index (Phi) is 5.58. The van der Waals surface area contributed by atoms with Crippen molar-refractivity contribution < 1.29 is 4.79 Å². The van der Waals surface area contributed by atoms with Gasteiger partial charge in [-0.1, -0.05) is 13.3 Å². The van der Waals surface area contributed by atoms with Gasteiger partial charge >= 0.3 is 0 Å². The molecule has 5 rings (SSSR count). The van der Waals surface area contributed by atoms with Gasteiger partial charge in [0.15, 0.2) is 0 Å². The predicted molar refractivity (Wildman–Crippen MR) is 125 cm³/mol. The van der Waals surface area contributed by atoms with E-state index in [2.05, 4.69) is 51.2 Å². The summed E-state index contributed by atoms with van der Waals surface area (Å²) in [7, 11) is 4.20. The van der Waals surface area contributed by atoms with Gasteiger partial charge in [0.25, 0.3) is 5.91 Å². The number of aromatic nitrogens is 1. The molecule has 0 spiro atoms. The number of piperidine rings is 1. The molecule has 162 valence electrons. The SMILES string of the molecule is CC1CCN(C(=O)c2ccc3c(c2)c2c(n3SN(C)C)CCN(C3CCC3)C2)CC1. The summed E-state index contributed by atoms with van der Waals surface area (Å²) < 4.78 is 4.56. The van der Waals surface area contributed by atoms with Crippen LogP contribution in [0, 0.1) is 5.92 Å². The highest BCUT2D eigenvalue weighted by Crippen LogP contribution is 2.38. The monoisotopic (exact) mass is 426 g/mol. The Morgan fingerprint density at radius 3 is 2.53 bits per heavy atom. The molecular formula is C24H34N4OS. The minimum Gasteiger partial charge on any atom is -0.339 e. The van der Waals surface area contributed by atoms with Crippen LogP contribution in [0.25, 0.3) is 10.9 Å². The smallest absolute Gasteiger partial charge is 0.253 e. The van der Waals surface area contributed by atoms with Crippen molar-refractivity contribution in [3.8, 4) is 0 Å². The zero-order valence-corrected chi connectivity index (χ0v) is 19.4. The number of nitrogens with zero attached hydrogens (tertiary/aromatic N) is 4. The summed E-state index contributed by atoms with van der Waals surface area (Å²) in [6.45, 7) is 6.25. The molecule has 2 aliphatic heterocycles. The van der Waals surface area contributed by atoms with Crippen molar-refractivity contribution in [3.05, 3.63) is 35.0 Å². The quantitative estimate of drug-likeness (QED) is 0.679. The summed E-state index contributed by atoms with van der Waals surface area (Å²) in [5.74, 6) is 0.940. The normalized spacial score (nSPS) is 21.3. The molecule has 5 nitrogen and oxygen atoms in total. The molecule has 0 atom stereocenters. The van der Waals surface area contributed by atoms with E-state index in [1.807, 2.05) is 6.07 Å². The maximum atomic E-state index is 13.2. The van der Waals surface area contributed by atoms with Crippen LogP contribution in [-0.4, -0.2) is 63.8 Å². The van der Waals surface area contributed by atoms with Crippen LogP contribution in [0.3, 0.4) is 0 Å². The van der Waals surface area contributed by atoms with E-state index >= 15 is 0 Å². The second-order valence-corrected chi connectivity index (χ2v) is 10.9. The Bertz CT molecular complexity index is 940. The standard InChI is InChI=1S/C24H34N4OS/c1-17-9-12-26(13-10-17)24(29)18-7-8-22-20(15-18)21-16-27(19-5-4-6-19)14-11-23(21)28(22)30-25(2)3/h7-8,15,17,19H,4-6,9-14,16H2,1-3H3. The Morgan fingerprint density at radius 2 is 1.87 bits per heavy atom. The van der Waals surface area contributed by atoms with Gasteiger partial charge in [-0.2, -0.15) is 0 Å². The molecule has 6 heteroatoms.